The highest BCUT2D eigenvalue weighted by molar-refractivity contribution is 5.95. The molecule has 2 amide bonds. The van der Waals surface area contributed by atoms with E-state index >= 15 is 0 Å². The molecule has 1 aromatic rings. The van der Waals surface area contributed by atoms with Gasteiger partial charge in [0, 0.05) is 0 Å². The summed E-state index contributed by atoms with van der Waals surface area (Å²) in [6, 6.07) is 5.85. The molecule has 1 fully saturated rings. The highest BCUT2D eigenvalue weighted by Crippen LogP contribution is 2.30. The molecule has 0 aromatic heterocycles. The Hall–Kier alpha value is -2.34. The molecule has 2 aliphatic rings. The minimum Gasteiger partial charge on any atom is -0.463 e. The Balaban J connectivity index is 2.05. The topological polar surface area (TPSA) is 71.9 Å². The third kappa shape index (κ3) is 4.38. The van der Waals surface area contributed by atoms with Crippen molar-refractivity contribution in [1.29, 1.82) is 0 Å². The largest absolute Gasteiger partial charge is 0.463 e. The van der Waals surface area contributed by atoms with E-state index < -0.39 is 6.04 Å². The van der Waals surface area contributed by atoms with E-state index in [1.807, 2.05) is 32.0 Å². The predicted octanol–water partition coefficient (Wildman–Crippen LogP) is 1.93. The summed E-state index contributed by atoms with van der Waals surface area (Å²) < 4.78 is 5.39. The van der Waals surface area contributed by atoms with Crippen molar-refractivity contribution >= 4 is 12.0 Å². The maximum Gasteiger partial charge on any atom is 0.338 e. The summed E-state index contributed by atoms with van der Waals surface area (Å²) >= 11 is 0. The van der Waals surface area contributed by atoms with Crippen LogP contribution in [0.3, 0.4) is 0 Å². The lowest BCUT2D eigenvalue weighted by Crippen LogP contribution is -3.16. The number of likely N-dealkylation sites (tertiary alicyclic amines) is 1. The fourth-order valence-corrected chi connectivity index (χ4v) is 4.25. The second kappa shape index (κ2) is 8.78. The van der Waals surface area contributed by atoms with Gasteiger partial charge in [-0.15, -0.1) is 0 Å². The van der Waals surface area contributed by atoms with Crippen molar-refractivity contribution in [3.8, 4) is 0 Å². The van der Waals surface area contributed by atoms with E-state index in [9.17, 15) is 9.59 Å². The molecule has 3 N–H and O–H groups in total. The van der Waals surface area contributed by atoms with Crippen LogP contribution in [0.15, 0.2) is 29.5 Å². The number of carbonyl (C=O) groups excluding carboxylic acids is 2. The number of aryl methyl sites for hydroxylation is 2. The number of benzene rings is 1. The maximum atomic E-state index is 12.9. The first-order valence-corrected chi connectivity index (χ1v) is 10.3. The lowest BCUT2D eigenvalue weighted by atomic mass is 9.90. The van der Waals surface area contributed by atoms with Crippen LogP contribution in [0, 0.1) is 13.8 Å². The standard InChI is InChI=1S/C22H31N3O3/c1-5-28-21(26)19-18(13-25-11-7-6-8-16(25)4)23-22(27)24-20(19)17-12-14(2)9-10-15(17)3/h9-10,12,16,20H,5-8,11,13H2,1-4H3,(H2,23,24,27)/p+1/t16-,20+/m0/s1. The monoisotopic (exact) mass is 386 g/mol. The molecule has 1 unspecified atom stereocenters. The summed E-state index contributed by atoms with van der Waals surface area (Å²) in [6.07, 6.45) is 3.59. The Morgan fingerprint density at radius 2 is 2.07 bits per heavy atom. The maximum absolute atomic E-state index is 12.9. The number of urea groups is 1. The van der Waals surface area contributed by atoms with Crippen LogP contribution >= 0.6 is 0 Å². The smallest absolute Gasteiger partial charge is 0.338 e. The van der Waals surface area contributed by atoms with Crippen molar-refractivity contribution in [2.75, 3.05) is 19.7 Å². The van der Waals surface area contributed by atoms with Crippen molar-refractivity contribution in [3.05, 3.63) is 46.2 Å². The number of hydrogen-bond acceptors (Lipinski definition) is 3. The Bertz CT molecular complexity index is 787. The van der Waals surface area contributed by atoms with Crippen molar-refractivity contribution in [2.45, 2.75) is 59.0 Å². The van der Waals surface area contributed by atoms with Crippen molar-refractivity contribution in [2.24, 2.45) is 0 Å². The van der Waals surface area contributed by atoms with Crippen LogP contribution in [0.5, 0.6) is 0 Å². The molecule has 0 bridgehead atoms. The Morgan fingerprint density at radius 1 is 1.29 bits per heavy atom. The van der Waals surface area contributed by atoms with Gasteiger partial charge in [-0.3, -0.25) is 0 Å². The van der Waals surface area contributed by atoms with Crippen LogP contribution < -0.4 is 15.5 Å². The number of hydrogen-bond donors (Lipinski definition) is 3. The molecule has 0 spiro atoms. The van der Waals surface area contributed by atoms with Crippen LogP contribution in [0.25, 0.3) is 0 Å². The lowest BCUT2D eigenvalue weighted by molar-refractivity contribution is -0.924. The van der Waals surface area contributed by atoms with Crippen LogP contribution in [-0.2, 0) is 9.53 Å². The highest BCUT2D eigenvalue weighted by Gasteiger charge is 2.36. The minimum absolute atomic E-state index is 0.266. The average Bonchev–Trinajstić information content (AvgIpc) is 2.65. The van der Waals surface area contributed by atoms with Gasteiger partial charge >= 0.3 is 12.0 Å². The van der Waals surface area contributed by atoms with E-state index in [4.69, 9.17) is 4.74 Å². The number of nitrogens with one attached hydrogen (secondary N) is 3. The lowest BCUT2D eigenvalue weighted by Gasteiger charge is -2.34. The summed E-state index contributed by atoms with van der Waals surface area (Å²) in [5.74, 6) is -0.361. The van der Waals surface area contributed by atoms with Gasteiger partial charge in [-0.2, -0.15) is 0 Å². The van der Waals surface area contributed by atoms with E-state index in [0.717, 1.165) is 23.2 Å². The summed E-state index contributed by atoms with van der Waals surface area (Å²) in [5.41, 5.74) is 4.29. The van der Waals surface area contributed by atoms with Gasteiger partial charge in [0.15, 0.2) is 0 Å². The van der Waals surface area contributed by atoms with Gasteiger partial charge in [-0.25, -0.2) is 9.59 Å². The van der Waals surface area contributed by atoms with Crippen LogP contribution in [0.2, 0.25) is 0 Å². The number of rotatable bonds is 5. The fraction of sp³-hybridized carbons (Fsp3) is 0.545. The second-order valence-corrected chi connectivity index (χ2v) is 7.99. The Labute approximate surface area is 167 Å². The zero-order chi connectivity index (χ0) is 20.3. The second-order valence-electron chi connectivity index (χ2n) is 7.99. The van der Waals surface area contributed by atoms with E-state index in [2.05, 4.69) is 17.6 Å². The van der Waals surface area contributed by atoms with Gasteiger partial charge in [0.2, 0.25) is 0 Å². The van der Waals surface area contributed by atoms with Crippen molar-refractivity contribution in [3.63, 3.8) is 0 Å². The van der Waals surface area contributed by atoms with Gasteiger partial charge in [-0.05, 0) is 58.1 Å². The first-order chi connectivity index (χ1) is 13.4. The fourth-order valence-electron chi connectivity index (χ4n) is 4.25. The summed E-state index contributed by atoms with van der Waals surface area (Å²) in [7, 11) is 0. The third-order valence-electron chi connectivity index (χ3n) is 5.88. The molecule has 6 heteroatoms. The van der Waals surface area contributed by atoms with E-state index in [0.29, 0.717) is 30.5 Å². The molecule has 152 valence electrons. The molecule has 0 aliphatic carbocycles. The first kappa shape index (κ1) is 20.4. The highest BCUT2D eigenvalue weighted by atomic mass is 16.5. The number of amides is 2. The van der Waals surface area contributed by atoms with Gasteiger partial charge in [0.25, 0.3) is 0 Å². The van der Waals surface area contributed by atoms with Crippen molar-refractivity contribution in [1.82, 2.24) is 10.6 Å². The summed E-state index contributed by atoms with van der Waals surface area (Å²) in [4.78, 5) is 26.8. The van der Waals surface area contributed by atoms with E-state index in [-0.39, 0.29) is 12.0 Å². The first-order valence-electron chi connectivity index (χ1n) is 10.3. The molecule has 3 atom stereocenters. The molecule has 1 saturated heterocycles. The van der Waals surface area contributed by atoms with E-state index in [1.54, 1.807) is 6.92 Å². The SMILES string of the molecule is CCOC(=O)C1=C(C[NH+]2CCCC[C@@H]2C)NC(=O)N[C@@H]1c1cc(C)ccc1C. The number of piperidine rings is 1. The molecule has 1 aromatic carbocycles. The molecular weight excluding hydrogens is 354 g/mol. The number of esters is 1. The number of carbonyl (C=O) groups is 2. The van der Waals surface area contributed by atoms with Gasteiger partial charge in [0.1, 0.15) is 6.54 Å². The average molecular weight is 387 g/mol. The molecule has 2 aliphatic heterocycles. The third-order valence-corrected chi connectivity index (χ3v) is 5.88. The van der Waals surface area contributed by atoms with Gasteiger partial charge < -0.3 is 20.3 Å². The Morgan fingerprint density at radius 3 is 2.79 bits per heavy atom. The normalized spacial score (nSPS) is 25.1. The number of ether oxygens (including phenoxy) is 1. The van der Waals surface area contributed by atoms with Gasteiger partial charge in [0.05, 0.1) is 36.5 Å². The summed E-state index contributed by atoms with van der Waals surface area (Å²) in [5, 5.41) is 5.87. The molecule has 2 heterocycles. The van der Waals surface area contributed by atoms with Gasteiger partial charge in [-0.1, -0.05) is 23.8 Å². The molecule has 3 rings (SSSR count). The minimum atomic E-state index is -0.498. The molecular formula is C22H32N3O3+. The predicted molar refractivity (Wildman–Crippen MR) is 108 cm³/mol. The Kier molecular flexibility index (Phi) is 6.39. The molecule has 28 heavy (non-hydrogen) atoms. The summed E-state index contributed by atoms with van der Waals surface area (Å²) in [6.45, 7) is 10.0. The molecule has 0 saturated carbocycles. The van der Waals surface area contributed by atoms with Crippen molar-refractivity contribution < 1.29 is 19.2 Å². The quantitative estimate of drug-likeness (QED) is 0.677. The zero-order valence-corrected chi connectivity index (χ0v) is 17.4. The van der Waals surface area contributed by atoms with Crippen LogP contribution in [0.4, 0.5) is 4.79 Å². The number of quaternary nitrogens is 1. The van der Waals surface area contributed by atoms with Crippen LogP contribution in [-0.4, -0.2) is 37.7 Å². The van der Waals surface area contributed by atoms with Crippen LogP contribution in [0.1, 0.15) is 55.8 Å². The molecule has 0 radical (unpaired) electrons. The molecule has 6 nitrogen and oxygen atoms in total. The van der Waals surface area contributed by atoms with E-state index in [1.165, 1.54) is 24.2 Å². The zero-order valence-electron chi connectivity index (χ0n) is 17.4.